The fourth-order valence-corrected chi connectivity index (χ4v) is 1.56. The Hall–Kier alpha value is -1.01. The fourth-order valence-electron chi connectivity index (χ4n) is 1.41. The zero-order valence-electron chi connectivity index (χ0n) is 6.63. The highest BCUT2D eigenvalue weighted by atomic mass is 35.5. The molecule has 0 atom stereocenters. The van der Waals surface area contributed by atoms with Gasteiger partial charge in [0.25, 0.3) is 0 Å². The van der Waals surface area contributed by atoms with E-state index in [2.05, 4.69) is 36.4 Å². The van der Waals surface area contributed by atoms with Crippen LogP contribution in [-0.2, 0) is 6.42 Å². The Morgan fingerprint density at radius 2 is 2.00 bits per heavy atom. The molecule has 12 heavy (non-hydrogen) atoms. The zero-order chi connectivity index (χ0) is 8.39. The van der Waals surface area contributed by atoms with E-state index in [1.807, 2.05) is 0 Å². The van der Waals surface area contributed by atoms with Gasteiger partial charge in [-0.15, -0.1) is 0 Å². The smallest absolute Gasteiger partial charge is 0.00779 e. The molecule has 0 unspecified atom stereocenters. The van der Waals surface area contributed by atoms with Gasteiger partial charge in [-0.05, 0) is 23.1 Å². The van der Waals surface area contributed by atoms with E-state index in [1.54, 1.807) is 5.54 Å². The topological polar surface area (TPSA) is 0 Å². The van der Waals surface area contributed by atoms with Crippen molar-refractivity contribution in [3.8, 4) is 0 Å². The Morgan fingerprint density at radius 1 is 1.17 bits per heavy atom. The van der Waals surface area contributed by atoms with Crippen molar-refractivity contribution in [1.82, 2.24) is 0 Å². The summed E-state index contributed by atoms with van der Waals surface area (Å²) in [6, 6.07) is 8.37. The predicted molar refractivity (Wildman–Crippen MR) is 53.1 cm³/mol. The van der Waals surface area contributed by atoms with Gasteiger partial charge in [-0.25, -0.2) is 0 Å². The lowest BCUT2D eigenvalue weighted by Crippen LogP contribution is -1.95. The molecule has 1 aliphatic carbocycles. The summed E-state index contributed by atoms with van der Waals surface area (Å²) in [6.45, 7) is 0. The molecule has 1 aromatic carbocycles. The second kappa shape index (κ2) is 3.16. The van der Waals surface area contributed by atoms with Gasteiger partial charge in [0.15, 0.2) is 0 Å². The average Bonchev–Trinajstić information content (AvgIpc) is 2.17. The van der Waals surface area contributed by atoms with Crippen LogP contribution in [0, 0.1) is 0 Å². The van der Waals surface area contributed by atoms with Gasteiger partial charge in [0.2, 0.25) is 0 Å². The maximum atomic E-state index is 5.63. The second-order valence-corrected chi connectivity index (χ2v) is 3.11. The Balaban J connectivity index is 2.46. The lowest BCUT2D eigenvalue weighted by Gasteiger charge is -2.11. The Morgan fingerprint density at radius 3 is 2.83 bits per heavy atom. The van der Waals surface area contributed by atoms with Crippen molar-refractivity contribution in [3.05, 3.63) is 52.6 Å². The molecule has 0 spiro atoms. The molecule has 0 aromatic heterocycles. The highest BCUT2D eigenvalue weighted by Gasteiger charge is 2.05. The molecule has 2 rings (SSSR count). The number of hydrogen-bond donors (Lipinski definition) is 0. The summed E-state index contributed by atoms with van der Waals surface area (Å²) in [4.78, 5) is 0. The number of benzene rings is 1. The molecular formula is C11H9Cl. The van der Waals surface area contributed by atoms with Gasteiger partial charge in [0.05, 0.1) is 0 Å². The van der Waals surface area contributed by atoms with Crippen LogP contribution in [0.1, 0.15) is 11.1 Å². The van der Waals surface area contributed by atoms with Gasteiger partial charge in [-0.3, -0.25) is 0 Å². The molecule has 1 aliphatic rings. The van der Waals surface area contributed by atoms with Crippen molar-refractivity contribution in [2.45, 2.75) is 6.42 Å². The summed E-state index contributed by atoms with van der Waals surface area (Å²) in [5.74, 6) is 0. The van der Waals surface area contributed by atoms with Crippen LogP contribution in [0.3, 0.4) is 0 Å². The summed E-state index contributed by atoms with van der Waals surface area (Å²) in [5.41, 5.74) is 5.48. The minimum absolute atomic E-state index is 0.955. The number of fused-ring (bicyclic) bond motifs is 1. The van der Waals surface area contributed by atoms with Crippen molar-refractivity contribution in [3.63, 3.8) is 0 Å². The maximum absolute atomic E-state index is 5.63. The van der Waals surface area contributed by atoms with Crippen LogP contribution >= 0.6 is 11.6 Å². The normalized spacial score (nSPS) is 17.9. The first-order valence-corrected chi connectivity index (χ1v) is 4.39. The summed E-state index contributed by atoms with van der Waals surface area (Å²) in [7, 11) is 0. The Kier molecular flexibility index (Phi) is 2.01. The van der Waals surface area contributed by atoms with Crippen molar-refractivity contribution in [1.29, 1.82) is 0 Å². The fraction of sp³-hybridized carbons (Fsp3) is 0.0909. The van der Waals surface area contributed by atoms with E-state index in [0.29, 0.717) is 0 Å². The molecule has 0 N–H and O–H groups in total. The molecule has 0 heterocycles. The van der Waals surface area contributed by atoms with Crippen LogP contribution in [0.4, 0.5) is 0 Å². The van der Waals surface area contributed by atoms with Gasteiger partial charge in [0.1, 0.15) is 0 Å². The van der Waals surface area contributed by atoms with E-state index in [1.165, 1.54) is 16.7 Å². The molecule has 0 saturated carbocycles. The number of hydrogen-bond acceptors (Lipinski definition) is 0. The molecule has 0 aliphatic heterocycles. The maximum Gasteiger partial charge on any atom is 0.00779 e. The summed E-state index contributed by atoms with van der Waals surface area (Å²) in [5, 5.41) is 0. The van der Waals surface area contributed by atoms with E-state index in [4.69, 9.17) is 11.6 Å². The standard InChI is InChI=1S/C11H9Cl/c12-8-9-5-6-10-3-1-2-4-11(10)7-9/h1-6,8H,7H2. The van der Waals surface area contributed by atoms with E-state index in [0.717, 1.165) is 6.42 Å². The minimum Gasteiger partial charge on any atom is -0.0926 e. The highest BCUT2D eigenvalue weighted by Crippen LogP contribution is 2.22. The molecule has 0 nitrogen and oxygen atoms in total. The monoisotopic (exact) mass is 176 g/mol. The van der Waals surface area contributed by atoms with Gasteiger partial charge in [-0.1, -0.05) is 48.0 Å². The Bertz CT molecular complexity index is 348. The van der Waals surface area contributed by atoms with Crippen LogP contribution in [0.25, 0.3) is 6.08 Å². The number of halogens is 1. The SMILES string of the molecule is ClC=C1C=Cc2ccccc2C1. The van der Waals surface area contributed by atoms with E-state index in [-0.39, 0.29) is 0 Å². The molecule has 1 heteroatoms. The van der Waals surface area contributed by atoms with Crippen LogP contribution in [0.2, 0.25) is 0 Å². The van der Waals surface area contributed by atoms with Crippen molar-refractivity contribution < 1.29 is 0 Å². The molecular weight excluding hydrogens is 168 g/mol. The number of allylic oxidation sites excluding steroid dienone is 2. The van der Waals surface area contributed by atoms with Crippen molar-refractivity contribution in [2.24, 2.45) is 0 Å². The lowest BCUT2D eigenvalue weighted by molar-refractivity contribution is 1.18. The third-order valence-corrected chi connectivity index (χ3v) is 2.35. The van der Waals surface area contributed by atoms with Gasteiger partial charge < -0.3 is 0 Å². The van der Waals surface area contributed by atoms with Crippen LogP contribution < -0.4 is 0 Å². The van der Waals surface area contributed by atoms with E-state index >= 15 is 0 Å². The average molecular weight is 177 g/mol. The zero-order valence-corrected chi connectivity index (χ0v) is 7.38. The Labute approximate surface area is 77.2 Å². The van der Waals surface area contributed by atoms with E-state index < -0.39 is 0 Å². The first-order chi connectivity index (χ1) is 5.90. The van der Waals surface area contributed by atoms with Crippen LogP contribution in [-0.4, -0.2) is 0 Å². The third kappa shape index (κ3) is 1.30. The summed E-state index contributed by atoms with van der Waals surface area (Å²) in [6.07, 6.45) is 5.12. The quantitative estimate of drug-likeness (QED) is 0.569. The third-order valence-electron chi connectivity index (χ3n) is 2.07. The molecule has 0 saturated heterocycles. The van der Waals surface area contributed by atoms with E-state index in [9.17, 15) is 0 Å². The molecule has 0 fully saturated rings. The predicted octanol–water partition coefficient (Wildman–Crippen LogP) is 3.38. The van der Waals surface area contributed by atoms with Crippen molar-refractivity contribution >= 4 is 17.7 Å². The summed E-state index contributed by atoms with van der Waals surface area (Å²) < 4.78 is 0. The second-order valence-electron chi connectivity index (χ2n) is 2.89. The summed E-state index contributed by atoms with van der Waals surface area (Å²) >= 11 is 5.63. The molecule has 0 radical (unpaired) electrons. The number of rotatable bonds is 0. The molecule has 0 bridgehead atoms. The van der Waals surface area contributed by atoms with Gasteiger partial charge >= 0.3 is 0 Å². The van der Waals surface area contributed by atoms with Crippen LogP contribution in [0.5, 0.6) is 0 Å². The van der Waals surface area contributed by atoms with Crippen LogP contribution in [0.15, 0.2) is 41.4 Å². The minimum atomic E-state index is 0.955. The first kappa shape index (κ1) is 7.63. The van der Waals surface area contributed by atoms with Gasteiger partial charge in [0, 0.05) is 5.54 Å². The molecule has 60 valence electrons. The highest BCUT2D eigenvalue weighted by molar-refractivity contribution is 6.26. The molecule has 1 aromatic rings. The first-order valence-electron chi connectivity index (χ1n) is 3.95. The van der Waals surface area contributed by atoms with Gasteiger partial charge in [-0.2, -0.15) is 0 Å². The lowest BCUT2D eigenvalue weighted by atomic mass is 9.95. The largest absolute Gasteiger partial charge is 0.0926 e. The van der Waals surface area contributed by atoms with Crippen molar-refractivity contribution in [2.75, 3.05) is 0 Å². The molecule has 0 amide bonds.